The molecule has 0 aromatic carbocycles. The lowest BCUT2D eigenvalue weighted by molar-refractivity contribution is -0.138. The molecule has 0 radical (unpaired) electrons. The molecule has 4 heterocycles. The lowest BCUT2D eigenvalue weighted by atomic mass is 9.73. The van der Waals surface area contributed by atoms with Gasteiger partial charge in [0.05, 0.1) is 11.9 Å². The van der Waals surface area contributed by atoms with Crippen molar-refractivity contribution < 1.29 is 14.0 Å². The van der Waals surface area contributed by atoms with Gasteiger partial charge in [-0.15, -0.1) is 0 Å². The number of amides is 2. The highest BCUT2D eigenvalue weighted by atomic mass is 16.3. The second kappa shape index (κ2) is 7.45. The van der Waals surface area contributed by atoms with E-state index in [1.807, 2.05) is 29.7 Å². The van der Waals surface area contributed by atoms with Gasteiger partial charge in [0.25, 0.3) is 5.91 Å². The van der Waals surface area contributed by atoms with Crippen LogP contribution in [0.25, 0.3) is 0 Å². The Morgan fingerprint density at radius 3 is 2.89 bits per heavy atom. The van der Waals surface area contributed by atoms with Crippen LogP contribution in [0.15, 0.2) is 23.0 Å². The highest BCUT2D eigenvalue weighted by molar-refractivity contribution is 5.95. The van der Waals surface area contributed by atoms with Crippen LogP contribution < -0.4 is 0 Å². The van der Waals surface area contributed by atoms with E-state index in [4.69, 9.17) is 4.42 Å². The van der Waals surface area contributed by atoms with Crippen LogP contribution in [0.2, 0.25) is 0 Å². The average Bonchev–Trinajstić information content (AvgIpc) is 3.31. The fourth-order valence-electron chi connectivity index (χ4n) is 4.71. The zero-order valence-corrected chi connectivity index (χ0v) is 16.7. The number of H-pyrrole nitrogens is 1. The molecule has 28 heavy (non-hydrogen) atoms. The molecule has 0 aliphatic carbocycles. The van der Waals surface area contributed by atoms with Gasteiger partial charge in [0.15, 0.2) is 0 Å². The second-order valence-electron chi connectivity index (χ2n) is 8.30. The van der Waals surface area contributed by atoms with E-state index in [9.17, 15) is 9.59 Å². The number of rotatable bonds is 4. The summed E-state index contributed by atoms with van der Waals surface area (Å²) in [4.78, 5) is 36.6. The van der Waals surface area contributed by atoms with Crippen molar-refractivity contribution >= 4 is 11.8 Å². The second-order valence-corrected chi connectivity index (χ2v) is 8.30. The molecule has 7 nitrogen and oxygen atoms in total. The molecule has 1 N–H and O–H groups in total. The number of carbonyl (C=O) groups is 2. The van der Waals surface area contributed by atoms with E-state index in [-0.39, 0.29) is 17.2 Å². The minimum atomic E-state index is 0.00247. The summed E-state index contributed by atoms with van der Waals surface area (Å²) in [7, 11) is 0. The summed E-state index contributed by atoms with van der Waals surface area (Å²) in [6.45, 7) is 6.61. The maximum atomic E-state index is 13.1. The van der Waals surface area contributed by atoms with Crippen molar-refractivity contribution in [3.8, 4) is 0 Å². The molecular weight excluding hydrogens is 356 g/mol. The highest BCUT2D eigenvalue weighted by Gasteiger charge is 2.43. The molecule has 2 amide bonds. The van der Waals surface area contributed by atoms with E-state index < -0.39 is 0 Å². The van der Waals surface area contributed by atoms with Crippen molar-refractivity contribution in [3.05, 3.63) is 41.4 Å². The Hall–Kier alpha value is -2.57. The fraction of sp³-hybridized carbons (Fsp3) is 0.571. The van der Waals surface area contributed by atoms with Crippen LogP contribution in [-0.2, 0) is 11.2 Å². The molecule has 7 heteroatoms. The Balaban J connectivity index is 1.45. The van der Waals surface area contributed by atoms with Gasteiger partial charge < -0.3 is 19.2 Å². The average molecular weight is 384 g/mol. The number of aromatic amines is 1. The third-order valence-electron chi connectivity index (χ3n) is 6.17. The maximum absolute atomic E-state index is 13.1. The van der Waals surface area contributed by atoms with Crippen molar-refractivity contribution in [1.29, 1.82) is 0 Å². The number of aryl methyl sites for hydroxylation is 2. The van der Waals surface area contributed by atoms with Gasteiger partial charge in [-0.1, -0.05) is 0 Å². The van der Waals surface area contributed by atoms with Gasteiger partial charge in [0.2, 0.25) is 5.91 Å². The number of nitrogens with one attached hydrogen (secondary N) is 1. The number of hydrogen-bond acceptors (Lipinski definition) is 4. The largest absolute Gasteiger partial charge is 0.466 e. The molecule has 2 aromatic heterocycles. The molecule has 0 bridgehead atoms. The standard InChI is InChI=1S/C21H28N4O3/c1-15-10-18(16(2)28-15)20(27)25-8-3-6-21(13-25)7-4-19(26)24(12-21)9-5-17-11-22-14-23-17/h10-11,14H,3-9,12-13H2,1-2H3,(H,22,23)/t21-/m1/s1. The molecule has 2 aliphatic rings. The van der Waals surface area contributed by atoms with Crippen LogP contribution in [0.5, 0.6) is 0 Å². The fourth-order valence-corrected chi connectivity index (χ4v) is 4.71. The monoisotopic (exact) mass is 384 g/mol. The van der Waals surface area contributed by atoms with Crippen LogP contribution in [-0.4, -0.2) is 57.8 Å². The molecule has 2 saturated heterocycles. The first-order valence-electron chi connectivity index (χ1n) is 10.1. The number of hydrogen-bond donors (Lipinski definition) is 1. The number of piperidine rings is 2. The minimum Gasteiger partial charge on any atom is -0.466 e. The molecule has 2 aliphatic heterocycles. The molecule has 1 spiro atoms. The predicted octanol–water partition coefficient (Wildman–Crippen LogP) is 2.71. The number of carbonyl (C=O) groups excluding carboxylic acids is 2. The molecular formula is C21H28N4O3. The van der Waals surface area contributed by atoms with Crippen LogP contribution in [0.1, 0.15) is 53.3 Å². The molecule has 2 fully saturated rings. The quantitative estimate of drug-likeness (QED) is 0.879. The van der Waals surface area contributed by atoms with E-state index in [1.165, 1.54) is 0 Å². The Morgan fingerprint density at radius 1 is 1.32 bits per heavy atom. The van der Waals surface area contributed by atoms with Crippen molar-refractivity contribution in [2.24, 2.45) is 5.41 Å². The van der Waals surface area contributed by atoms with Gasteiger partial charge in [-0.2, -0.15) is 0 Å². The summed E-state index contributed by atoms with van der Waals surface area (Å²) >= 11 is 0. The topological polar surface area (TPSA) is 82.4 Å². The summed E-state index contributed by atoms with van der Waals surface area (Å²) in [6, 6.07) is 1.83. The summed E-state index contributed by atoms with van der Waals surface area (Å²) in [6.07, 6.45) is 7.71. The third-order valence-corrected chi connectivity index (χ3v) is 6.17. The highest BCUT2D eigenvalue weighted by Crippen LogP contribution is 2.39. The Labute approximate surface area is 165 Å². The van der Waals surface area contributed by atoms with Crippen LogP contribution in [0, 0.1) is 19.3 Å². The molecule has 0 unspecified atom stereocenters. The number of nitrogens with zero attached hydrogens (tertiary/aromatic N) is 3. The molecule has 1 atom stereocenters. The molecule has 0 saturated carbocycles. The van der Waals surface area contributed by atoms with E-state index >= 15 is 0 Å². The zero-order chi connectivity index (χ0) is 19.7. The van der Waals surface area contributed by atoms with Gasteiger partial charge in [0.1, 0.15) is 11.5 Å². The zero-order valence-electron chi connectivity index (χ0n) is 16.7. The third kappa shape index (κ3) is 3.70. The Bertz CT molecular complexity index is 857. The van der Waals surface area contributed by atoms with E-state index in [1.54, 1.807) is 12.5 Å². The van der Waals surface area contributed by atoms with E-state index in [0.717, 1.165) is 50.2 Å². The minimum absolute atomic E-state index is 0.00247. The van der Waals surface area contributed by atoms with Crippen LogP contribution in [0.3, 0.4) is 0 Å². The first-order chi connectivity index (χ1) is 13.5. The van der Waals surface area contributed by atoms with Gasteiger partial charge in [0, 0.05) is 56.3 Å². The summed E-state index contributed by atoms with van der Waals surface area (Å²) in [5.41, 5.74) is 1.71. The summed E-state index contributed by atoms with van der Waals surface area (Å²) < 4.78 is 5.55. The van der Waals surface area contributed by atoms with E-state index in [0.29, 0.717) is 30.8 Å². The summed E-state index contributed by atoms with van der Waals surface area (Å²) in [5.74, 6) is 1.71. The van der Waals surface area contributed by atoms with Gasteiger partial charge in [-0.3, -0.25) is 9.59 Å². The number of imidazole rings is 1. The van der Waals surface area contributed by atoms with Gasteiger partial charge in [-0.25, -0.2) is 4.98 Å². The Morgan fingerprint density at radius 2 is 2.18 bits per heavy atom. The van der Waals surface area contributed by atoms with E-state index in [2.05, 4.69) is 9.97 Å². The summed E-state index contributed by atoms with van der Waals surface area (Å²) in [5, 5.41) is 0. The SMILES string of the molecule is Cc1cc(C(=O)N2CCC[C@]3(CCC(=O)N(CCc4cnc[nH]4)C3)C2)c(C)o1. The molecule has 4 rings (SSSR count). The van der Waals surface area contributed by atoms with Crippen molar-refractivity contribution in [1.82, 2.24) is 19.8 Å². The lowest BCUT2D eigenvalue weighted by Gasteiger charge is -2.48. The first-order valence-corrected chi connectivity index (χ1v) is 10.1. The number of furan rings is 1. The smallest absolute Gasteiger partial charge is 0.257 e. The predicted molar refractivity (Wildman–Crippen MR) is 104 cm³/mol. The maximum Gasteiger partial charge on any atom is 0.257 e. The van der Waals surface area contributed by atoms with Crippen molar-refractivity contribution in [2.45, 2.75) is 46.0 Å². The van der Waals surface area contributed by atoms with Crippen LogP contribution >= 0.6 is 0 Å². The Kier molecular flexibility index (Phi) is 5.00. The molecule has 2 aromatic rings. The van der Waals surface area contributed by atoms with Crippen molar-refractivity contribution in [2.75, 3.05) is 26.2 Å². The normalized spacial score (nSPS) is 22.9. The van der Waals surface area contributed by atoms with Crippen LogP contribution in [0.4, 0.5) is 0 Å². The van der Waals surface area contributed by atoms with Crippen molar-refractivity contribution in [3.63, 3.8) is 0 Å². The first kappa shape index (κ1) is 18.8. The molecule has 150 valence electrons. The lowest BCUT2D eigenvalue weighted by Crippen LogP contribution is -2.55. The van der Waals surface area contributed by atoms with Gasteiger partial charge >= 0.3 is 0 Å². The number of likely N-dealkylation sites (tertiary alicyclic amines) is 2. The number of aromatic nitrogens is 2. The van der Waals surface area contributed by atoms with Gasteiger partial charge in [-0.05, 0) is 39.2 Å².